The number of nitrogens with zero attached hydrogens (tertiary/aromatic N) is 1. The molecule has 6 heteroatoms. The summed E-state index contributed by atoms with van der Waals surface area (Å²) in [7, 11) is 0. The Balaban J connectivity index is 2.85. The second-order valence-corrected chi connectivity index (χ2v) is 2.84. The average Bonchev–Trinajstić information content (AvgIpc) is 2.50. The van der Waals surface area contributed by atoms with Crippen LogP contribution in [-0.4, -0.2) is 21.1 Å². The number of nitro groups is 1. The van der Waals surface area contributed by atoms with E-state index in [1.165, 1.54) is 19.2 Å². The lowest BCUT2D eigenvalue weighted by Gasteiger charge is -2.11. The molecule has 0 amide bonds. The molecule has 0 aromatic carbocycles. The van der Waals surface area contributed by atoms with Crippen molar-refractivity contribution in [2.75, 3.05) is 0 Å². The van der Waals surface area contributed by atoms with E-state index >= 15 is 0 Å². The fourth-order valence-corrected chi connectivity index (χ4v) is 0.958. The zero-order valence-corrected chi connectivity index (χ0v) is 7.10. The van der Waals surface area contributed by atoms with Gasteiger partial charge in [0.15, 0.2) is 0 Å². The van der Waals surface area contributed by atoms with E-state index in [9.17, 15) is 10.1 Å². The van der Waals surface area contributed by atoms with Crippen molar-refractivity contribution in [3.63, 3.8) is 0 Å². The molecule has 0 spiro atoms. The van der Waals surface area contributed by atoms with Gasteiger partial charge in [-0.25, -0.2) is 0 Å². The number of nitrogens with one attached hydrogen (secondary N) is 1. The number of aromatic amines is 1. The lowest BCUT2D eigenvalue weighted by atomic mass is 10.1. The van der Waals surface area contributed by atoms with Crippen molar-refractivity contribution in [3.8, 4) is 0 Å². The van der Waals surface area contributed by atoms with Crippen LogP contribution in [0.4, 0.5) is 5.69 Å². The van der Waals surface area contributed by atoms with Crippen LogP contribution in [-0.2, 0) is 0 Å². The average molecular weight is 185 g/mol. The summed E-state index contributed by atoms with van der Waals surface area (Å²) >= 11 is 0. The third-order valence-corrected chi connectivity index (χ3v) is 1.78. The summed E-state index contributed by atoms with van der Waals surface area (Å²) in [6, 6.07) is 0.700. The molecule has 2 atom stereocenters. The maximum Gasteiger partial charge on any atom is 0.287 e. The van der Waals surface area contributed by atoms with Crippen molar-refractivity contribution in [1.82, 2.24) is 4.98 Å². The van der Waals surface area contributed by atoms with E-state index in [2.05, 4.69) is 4.98 Å². The Morgan fingerprint density at radius 3 is 2.77 bits per heavy atom. The summed E-state index contributed by atoms with van der Waals surface area (Å²) in [6.07, 6.45) is 0.510. The van der Waals surface area contributed by atoms with Crippen molar-refractivity contribution in [3.05, 3.63) is 28.1 Å². The second kappa shape index (κ2) is 3.55. The molecule has 1 rings (SSSR count). The third kappa shape index (κ3) is 2.04. The highest BCUT2D eigenvalue weighted by Gasteiger charge is 2.17. The number of rotatable bonds is 3. The van der Waals surface area contributed by atoms with Gasteiger partial charge in [-0.2, -0.15) is 0 Å². The summed E-state index contributed by atoms with van der Waals surface area (Å²) in [4.78, 5) is 12.4. The van der Waals surface area contributed by atoms with Gasteiger partial charge in [0.2, 0.25) is 0 Å². The molecule has 0 saturated heterocycles. The third-order valence-electron chi connectivity index (χ3n) is 1.78. The second-order valence-electron chi connectivity index (χ2n) is 2.84. The van der Waals surface area contributed by atoms with Gasteiger partial charge in [-0.05, 0) is 6.92 Å². The number of aliphatic hydroxyl groups excluding tert-OH is 1. The molecule has 13 heavy (non-hydrogen) atoms. The maximum absolute atomic E-state index is 10.3. The Bertz CT molecular complexity index is 308. The molecule has 72 valence electrons. The summed E-state index contributed by atoms with van der Waals surface area (Å²) in [6.45, 7) is 1.53. The van der Waals surface area contributed by atoms with Gasteiger partial charge in [-0.3, -0.25) is 10.1 Å². The largest absolute Gasteiger partial charge is 0.391 e. The standard InChI is InChI=1S/C7H11N3O3/c1-4(11)7(8)6-2-5(3-9-6)10(12)13/h2-4,7,9,11H,8H2,1H3. The Morgan fingerprint density at radius 2 is 2.38 bits per heavy atom. The number of aliphatic hydroxyl groups is 1. The summed E-state index contributed by atoms with van der Waals surface area (Å²) in [5.41, 5.74) is 5.96. The number of aromatic nitrogens is 1. The van der Waals surface area contributed by atoms with E-state index in [-0.39, 0.29) is 5.69 Å². The van der Waals surface area contributed by atoms with Gasteiger partial charge in [-0.15, -0.1) is 0 Å². The van der Waals surface area contributed by atoms with Crippen molar-refractivity contribution >= 4 is 5.69 Å². The van der Waals surface area contributed by atoms with Crippen molar-refractivity contribution in [1.29, 1.82) is 0 Å². The monoisotopic (exact) mass is 185 g/mol. The van der Waals surface area contributed by atoms with Crippen LogP contribution in [0.2, 0.25) is 0 Å². The van der Waals surface area contributed by atoms with Crippen LogP contribution < -0.4 is 5.73 Å². The Morgan fingerprint density at radius 1 is 1.77 bits per heavy atom. The molecule has 6 nitrogen and oxygen atoms in total. The van der Waals surface area contributed by atoms with Gasteiger partial charge in [0.05, 0.1) is 23.3 Å². The topological polar surface area (TPSA) is 105 Å². The predicted molar refractivity (Wildman–Crippen MR) is 46.1 cm³/mol. The molecule has 0 aliphatic rings. The zero-order valence-electron chi connectivity index (χ0n) is 7.10. The van der Waals surface area contributed by atoms with Crippen LogP contribution in [0.15, 0.2) is 12.3 Å². The molecular formula is C7H11N3O3. The highest BCUT2D eigenvalue weighted by atomic mass is 16.6. The number of hydrogen-bond acceptors (Lipinski definition) is 4. The Kier molecular flexibility index (Phi) is 2.64. The van der Waals surface area contributed by atoms with E-state index < -0.39 is 17.1 Å². The fourth-order valence-electron chi connectivity index (χ4n) is 0.958. The van der Waals surface area contributed by atoms with Gasteiger partial charge in [-0.1, -0.05) is 0 Å². The summed E-state index contributed by atoms with van der Waals surface area (Å²) in [5, 5.41) is 19.4. The molecule has 0 fully saturated rings. The molecule has 4 N–H and O–H groups in total. The Labute approximate surface area is 74.5 Å². The summed E-state index contributed by atoms with van der Waals surface area (Å²) in [5.74, 6) is 0. The minimum absolute atomic E-state index is 0.0499. The van der Waals surface area contributed by atoms with E-state index in [4.69, 9.17) is 10.8 Å². The highest BCUT2D eigenvalue weighted by molar-refractivity contribution is 5.31. The van der Waals surface area contributed by atoms with E-state index in [1.807, 2.05) is 0 Å². The molecule has 2 unspecified atom stereocenters. The number of nitrogens with two attached hydrogens (primary N) is 1. The van der Waals surface area contributed by atoms with Crippen LogP contribution in [0.25, 0.3) is 0 Å². The first-order valence-corrected chi connectivity index (χ1v) is 3.78. The minimum atomic E-state index is -0.738. The highest BCUT2D eigenvalue weighted by Crippen LogP contribution is 2.18. The molecule has 0 bridgehead atoms. The molecule has 1 aromatic rings. The first kappa shape index (κ1) is 9.69. The quantitative estimate of drug-likeness (QED) is 0.465. The maximum atomic E-state index is 10.3. The van der Waals surface area contributed by atoms with E-state index in [1.54, 1.807) is 0 Å². The van der Waals surface area contributed by atoms with Crippen LogP contribution >= 0.6 is 0 Å². The van der Waals surface area contributed by atoms with Crippen molar-refractivity contribution < 1.29 is 10.0 Å². The van der Waals surface area contributed by atoms with Crippen LogP contribution in [0.5, 0.6) is 0 Å². The van der Waals surface area contributed by atoms with Gasteiger partial charge in [0.25, 0.3) is 5.69 Å². The molecule has 0 radical (unpaired) electrons. The number of hydrogen-bond donors (Lipinski definition) is 3. The Hall–Kier alpha value is -1.40. The molecule has 0 aliphatic carbocycles. The molecule has 1 heterocycles. The molecule has 0 saturated carbocycles. The molecular weight excluding hydrogens is 174 g/mol. The lowest BCUT2D eigenvalue weighted by molar-refractivity contribution is -0.384. The molecule has 0 aliphatic heterocycles. The minimum Gasteiger partial charge on any atom is -0.391 e. The van der Waals surface area contributed by atoms with Gasteiger partial charge >= 0.3 is 0 Å². The van der Waals surface area contributed by atoms with Gasteiger partial charge in [0.1, 0.15) is 0 Å². The van der Waals surface area contributed by atoms with Gasteiger partial charge < -0.3 is 15.8 Å². The van der Waals surface area contributed by atoms with Crippen LogP contribution in [0, 0.1) is 10.1 Å². The van der Waals surface area contributed by atoms with Crippen LogP contribution in [0.1, 0.15) is 18.7 Å². The zero-order chi connectivity index (χ0) is 10.0. The predicted octanol–water partition coefficient (Wildman–Crippen LogP) is 0.304. The van der Waals surface area contributed by atoms with E-state index in [0.29, 0.717) is 5.69 Å². The van der Waals surface area contributed by atoms with Crippen molar-refractivity contribution in [2.45, 2.75) is 19.1 Å². The van der Waals surface area contributed by atoms with E-state index in [0.717, 1.165) is 0 Å². The van der Waals surface area contributed by atoms with Crippen molar-refractivity contribution in [2.24, 2.45) is 5.73 Å². The lowest BCUT2D eigenvalue weighted by Crippen LogP contribution is -2.23. The smallest absolute Gasteiger partial charge is 0.287 e. The number of H-pyrrole nitrogens is 1. The summed E-state index contributed by atoms with van der Waals surface area (Å²) < 4.78 is 0. The first-order chi connectivity index (χ1) is 6.02. The fraction of sp³-hybridized carbons (Fsp3) is 0.429. The first-order valence-electron chi connectivity index (χ1n) is 3.78. The van der Waals surface area contributed by atoms with Crippen LogP contribution in [0.3, 0.4) is 0 Å². The normalized spacial score (nSPS) is 15.3. The molecule has 1 aromatic heterocycles. The SMILES string of the molecule is CC(O)C(N)c1cc([N+](=O)[O-])c[nH]1. The van der Waals surface area contributed by atoms with Gasteiger partial charge in [0, 0.05) is 11.8 Å².